The normalized spacial score (nSPS) is 19.2. The molecule has 0 spiro atoms. The van der Waals surface area contributed by atoms with Crippen molar-refractivity contribution in [3.63, 3.8) is 0 Å². The minimum absolute atomic E-state index is 0.0854. The van der Waals surface area contributed by atoms with Crippen LogP contribution in [-0.4, -0.2) is 33.2 Å². The molecule has 0 aliphatic carbocycles. The van der Waals surface area contributed by atoms with Gasteiger partial charge in [-0.1, -0.05) is 49.1 Å². The molecule has 5 rings (SSSR count). The van der Waals surface area contributed by atoms with Crippen LogP contribution in [0.2, 0.25) is 0 Å². The third-order valence-electron chi connectivity index (χ3n) is 5.87. The molecule has 2 aliphatic rings. The van der Waals surface area contributed by atoms with E-state index in [0.717, 1.165) is 54.1 Å². The third-order valence-corrected chi connectivity index (χ3v) is 7.25. The zero-order valence-electron chi connectivity index (χ0n) is 17.3. The molecule has 0 atom stereocenters. The van der Waals surface area contributed by atoms with Crippen molar-refractivity contribution in [1.29, 1.82) is 0 Å². The number of para-hydroxylation sites is 1. The van der Waals surface area contributed by atoms with Crippen LogP contribution < -0.4 is 4.90 Å². The number of hydrogen-bond acceptors (Lipinski definition) is 6. The topological polar surface area (TPSA) is 49.6 Å². The maximum absolute atomic E-state index is 13.1. The lowest BCUT2D eigenvalue weighted by atomic mass is 9.98. The predicted molar refractivity (Wildman–Crippen MR) is 130 cm³/mol. The van der Waals surface area contributed by atoms with E-state index in [0.29, 0.717) is 21.5 Å². The zero-order valence-corrected chi connectivity index (χ0v) is 18.9. The molecule has 4 heterocycles. The zero-order chi connectivity index (χ0) is 21.4. The van der Waals surface area contributed by atoms with Crippen molar-refractivity contribution >= 4 is 57.0 Å². The van der Waals surface area contributed by atoms with Gasteiger partial charge in [-0.3, -0.25) is 9.69 Å². The molecular weight excluding hydrogens is 426 g/mol. The molecule has 5 nitrogen and oxygen atoms in total. The van der Waals surface area contributed by atoms with E-state index < -0.39 is 0 Å². The van der Waals surface area contributed by atoms with Gasteiger partial charge in [-0.25, -0.2) is 4.98 Å². The van der Waals surface area contributed by atoms with E-state index in [-0.39, 0.29) is 5.91 Å². The highest BCUT2D eigenvalue weighted by Gasteiger charge is 2.33. The van der Waals surface area contributed by atoms with E-state index in [1.807, 2.05) is 36.4 Å². The highest BCUT2D eigenvalue weighted by atomic mass is 32.2. The number of pyridine rings is 1. The van der Waals surface area contributed by atoms with Crippen LogP contribution in [0.1, 0.15) is 31.1 Å². The van der Waals surface area contributed by atoms with Gasteiger partial charge >= 0.3 is 0 Å². The number of amides is 1. The molecule has 2 aliphatic heterocycles. The van der Waals surface area contributed by atoms with Gasteiger partial charge < -0.3 is 9.32 Å². The second kappa shape index (κ2) is 8.48. The lowest BCUT2D eigenvalue weighted by molar-refractivity contribution is -0.122. The molecular formula is C24H23N3O2S2. The molecule has 7 heteroatoms. The summed E-state index contributed by atoms with van der Waals surface area (Å²) in [5.41, 5.74) is 1.94. The Morgan fingerprint density at radius 1 is 1.23 bits per heavy atom. The fourth-order valence-corrected chi connectivity index (χ4v) is 5.28. The van der Waals surface area contributed by atoms with Gasteiger partial charge in [-0.2, -0.15) is 0 Å². The van der Waals surface area contributed by atoms with Crippen LogP contribution in [0.4, 0.5) is 5.82 Å². The van der Waals surface area contributed by atoms with Crippen molar-refractivity contribution < 1.29 is 9.21 Å². The number of fused-ring (bicyclic) bond motifs is 1. The van der Waals surface area contributed by atoms with E-state index >= 15 is 0 Å². The summed E-state index contributed by atoms with van der Waals surface area (Å²) in [6.07, 6.45) is 5.86. The number of carbonyl (C=O) groups excluding carboxylic acids is 1. The van der Waals surface area contributed by atoms with Crippen LogP contribution in [0.15, 0.2) is 58.1 Å². The minimum Gasteiger partial charge on any atom is -0.467 e. The number of nitrogens with zero attached hydrogens (tertiary/aromatic N) is 3. The van der Waals surface area contributed by atoms with Gasteiger partial charge in [0.1, 0.15) is 15.9 Å². The lowest BCUT2D eigenvalue weighted by Gasteiger charge is -2.32. The Morgan fingerprint density at radius 2 is 2.03 bits per heavy atom. The fraction of sp³-hybridized carbons (Fsp3) is 0.292. The highest BCUT2D eigenvalue weighted by molar-refractivity contribution is 8.26. The number of anilines is 1. The number of thiocarbonyl (C=S) groups is 1. The molecule has 158 valence electrons. The number of thioether (sulfide) groups is 1. The van der Waals surface area contributed by atoms with Gasteiger partial charge in [0.2, 0.25) is 0 Å². The van der Waals surface area contributed by atoms with Crippen molar-refractivity contribution in [3.8, 4) is 0 Å². The fourth-order valence-electron chi connectivity index (χ4n) is 4.04. The van der Waals surface area contributed by atoms with Gasteiger partial charge in [0.15, 0.2) is 0 Å². The van der Waals surface area contributed by atoms with Crippen LogP contribution in [0.5, 0.6) is 0 Å². The number of hydrogen-bond donors (Lipinski definition) is 0. The first-order chi connectivity index (χ1) is 15.1. The van der Waals surface area contributed by atoms with Crippen LogP contribution in [0, 0.1) is 5.92 Å². The Kier molecular flexibility index (Phi) is 5.54. The van der Waals surface area contributed by atoms with Crippen molar-refractivity contribution in [3.05, 3.63) is 65.0 Å². The molecule has 1 amide bonds. The van der Waals surface area contributed by atoms with Gasteiger partial charge in [-0.15, -0.1) is 0 Å². The molecule has 0 saturated carbocycles. The molecule has 0 N–H and O–H groups in total. The number of carbonyl (C=O) groups is 1. The average Bonchev–Trinajstić information content (AvgIpc) is 3.38. The number of rotatable bonds is 4. The Hall–Kier alpha value is -2.64. The molecule has 0 unspecified atom stereocenters. The van der Waals surface area contributed by atoms with E-state index in [2.05, 4.69) is 24.0 Å². The first kappa shape index (κ1) is 20.3. The first-order valence-electron chi connectivity index (χ1n) is 10.5. The first-order valence-corrected chi connectivity index (χ1v) is 11.7. The minimum atomic E-state index is -0.0854. The molecule has 2 saturated heterocycles. The van der Waals surface area contributed by atoms with Gasteiger partial charge in [-0.05, 0) is 49.1 Å². The van der Waals surface area contributed by atoms with Crippen LogP contribution in [-0.2, 0) is 11.3 Å². The average molecular weight is 450 g/mol. The smallest absolute Gasteiger partial charge is 0.266 e. The van der Waals surface area contributed by atoms with Gasteiger partial charge in [0.25, 0.3) is 5.91 Å². The number of aromatic nitrogens is 1. The van der Waals surface area contributed by atoms with Crippen molar-refractivity contribution in [2.75, 3.05) is 18.0 Å². The van der Waals surface area contributed by atoms with Gasteiger partial charge in [0.05, 0.1) is 23.2 Å². The maximum Gasteiger partial charge on any atom is 0.266 e. The van der Waals surface area contributed by atoms with E-state index in [4.69, 9.17) is 21.6 Å². The second-order valence-electron chi connectivity index (χ2n) is 8.11. The molecule has 2 fully saturated rings. The molecule has 1 aromatic carbocycles. The molecule has 31 heavy (non-hydrogen) atoms. The second-order valence-corrected chi connectivity index (χ2v) is 9.79. The molecule has 3 aromatic rings. The number of furan rings is 1. The standard InChI is InChI=1S/C24H23N3O2S2/c1-16-8-10-26(11-9-16)22-18(13-17-5-2-3-7-20(17)25-22)14-21-23(28)27(24(30)31-21)15-19-6-4-12-29-19/h2-7,12-14,16H,8-11,15H2,1H3/b21-14-. The maximum atomic E-state index is 13.1. The van der Waals surface area contributed by atoms with Crippen LogP contribution >= 0.6 is 24.0 Å². The van der Waals surface area contributed by atoms with Crippen LogP contribution in [0.3, 0.4) is 0 Å². The summed E-state index contributed by atoms with van der Waals surface area (Å²) in [6.45, 7) is 4.61. The lowest BCUT2D eigenvalue weighted by Crippen LogP contribution is -2.34. The SMILES string of the molecule is CC1CCN(c2nc3ccccc3cc2/C=C2\SC(=S)N(Cc3ccco3)C2=O)CC1. The van der Waals surface area contributed by atoms with Crippen molar-refractivity contribution in [2.24, 2.45) is 5.92 Å². The Labute approximate surface area is 191 Å². The molecule has 0 radical (unpaired) electrons. The van der Waals surface area contributed by atoms with E-state index in [1.54, 1.807) is 11.2 Å². The molecule has 2 aromatic heterocycles. The molecule has 0 bridgehead atoms. The summed E-state index contributed by atoms with van der Waals surface area (Å²) in [6, 6.07) is 13.9. The summed E-state index contributed by atoms with van der Waals surface area (Å²) in [7, 11) is 0. The number of piperidine rings is 1. The number of benzene rings is 1. The summed E-state index contributed by atoms with van der Waals surface area (Å²) < 4.78 is 5.95. The monoisotopic (exact) mass is 449 g/mol. The summed E-state index contributed by atoms with van der Waals surface area (Å²) in [4.78, 5) is 22.7. The quantitative estimate of drug-likeness (QED) is 0.389. The Bertz CT molecular complexity index is 1160. The van der Waals surface area contributed by atoms with Crippen LogP contribution in [0.25, 0.3) is 17.0 Å². The summed E-state index contributed by atoms with van der Waals surface area (Å²) in [5, 5.41) is 1.06. The summed E-state index contributed by atoms with van der Waals surface area (Å²) >= 11 is 6.83. The van der Waals surface area contributed by atoms with Gasteiger partial charge in [0, 0.05) is 24.0 Å². The summed E-state index contributed by atoms with van der Waals surface area (Å²) in [5.74, 6) is 2.31. The highest BCUT2D eigenvalue weighted by Crippen LogP contribution is 2.36. The van der Waals surface area contributed by atoms with Crippen molar-refractivity contribution in [2.45, 2.75) is 26.3 Å². The third kappa shape index (κ3) is 4.12. The Balaban J connectivity index is 1.51. The van der Waals surface area contributed by atoms with Crippen molar-refractivity contribution in [1.82, 2.24) is 9.88 Å². The van der Waals surface area contributed by atoms with E-state index in [9.17, 15) is 4.79 Å². The van der Waals surface area contributed by atoms with E-state index in [1.165, 1.54) is 11.8 Å². The Morgan fingerprint density at radius 3 is 2.81 bits per heavy atom. The predicted octanol–water partition coefficient (Wildman–Crippen LogP) is 5.47. The largest absolute Gasteiger partial charge is 0.467 e.